The number of hydrogen-bond acceptors (Lipinski definition) is 0. The van der Waals surface area contributed by atoms with Gasteiger partial charge in [0.25, 0.3) is 0 Å². The minimum Gasteiger partial charge on any atom is -0.206 e. The largest absolute Gasteiger partial charge is 0.206 e. The zero-order valence-electron chi connectivity index (χ0n) is 11.2. The van der Waals surface area contributed by atoms with Gasteiger partial charge < -0.3 is 0 Å². The van der Waals surface area contributed by atoms with Crippen LogP contribution in [0.25, 0.3) is 0 Å². The van der Waals surface area contributed by atoms with Crippen LogP contribution in [0.4, 0.5) is 4.39 Å². The summed E-state index contributed by atoms with van der Waals surface area (Å²) < 4.78 is 13.3. The summed E-state index contributed by atoms with van der Waals surface area (Å²) >= 11 is 0. The molecule has 0 spiro atoms. The molecule has 0 amide bonds. The van der Waals surface area contributed by atoms with Crippen molar-refractivity contribution in [3.05, 3.63) is 34.6 Å². The molecule has 0 saturated carbocycles. The van der Waals surface area contributed by atoms with E-state index >= 15 is 0 Å². The molecular weight excluding hydrogens is 187 g/mol. The Morgan fingerprint density at radius 2 is 1.33 bits per heavy atom. The summed E-state index contributed by atoms with van der Waals surface area (Å²) in [5.74, 6) is -0.0347. The topological polar surface area (TPSA) is 0 Å². The second-order valence-corrected chi connectivity index (χ2v) is 2.85. The van der Waals surface area contributed by atoms with Crippen molar-refractivity contribution >= 4 is 0 Å². The van der Waals surface area contributed by atoms with Crippen molar-refractivity contribution in [1.29, 1.82) is 0 Å². The van der Waals surface area contributed by atoms with Crippen LogP contribution in [0.15, 0.2) is 12.1 Å². The summed E-state index contributed by atoms with van der Waals surface area (Å²) in [6, 6.07) is 3.79. The van der Waals surface area contributed by atoms with E-state index in [0.29, 0.717) is 0 Å². The third kappa shape index (κ3) is 4.96. The lowest BCUT2D eigenvalue weighted by atomic mass is 10.0. The van der Waals surface area contributed by atoms with Crippen LogP contribution < -0.4 is 0 Å². The highest BCUT2D eigenvalue weighted by Gasteiger charge is 2.05. The van der Waals surface area contributed by atoms with Gasteiger partial charge in [0.2, 0.25) is 0 Å². The van der Waals surface area contributed by atoms with Gasteiger partial charge in [-0.1, -0.05) is 46.8 Å². The summed E-state index contributed by atoms with van der Waals surface area (Å²) in [6.07, 6.45) is 0.777. The monoisotopic (exact) mass is 212 g/mol. The molecule has 15 heavy (non-hydrogen) atoms. The third-order valence-corrected chi connectivity index (χ3v) is 2.02. The van der Waals surface area contributed by atoms with Crippen LogP contribution in [0.3, 0.4) is 0 Å². The van der Waals surface area contributed by atoms with Crippen LogP contribution in [-0.4, -0.2) is 0 Å². The van der Waals surface area contributed by atoms with Crippen LogP contribution in [0.1, 0.15) is 51.3 Å². The van der Waals surface area contributed by atoms with Gasteiger partial charge in [-0.15, -0.1) is 0 Å². The lowest BCUT2D eigenvalue weighted by Crippen LogP contribution is -1.94. The first kappa shape index (κ1) is 16.6. The first-order valence-electron chi connectivity index (χ1n) is 5.91. The highest BCUT2D eigenvalue weighted by Crippen LogP contribution is 2.16. The second-order valence-electron chi connectivity index (χ2n) is 2.85. The van der Waals surface area contributed by atoms with Gasteiger partial charge in [-0.3, -0.25) is 0 Å². The fourth-order valence-corrected chi connectivity index (χ4v) is 1.27. The maximum Gasteiger partial charge on any atom is 0.129 e. The van der Waals surface area contributed by atoms with Crippen molar-refractivity contribution in [1.82, 2.24) is 0 Å². The maximum atomic E-state index is 13.3. The Kier molecular flexibility index (Phi) is 10.7. The van der Waals surface area contributed by atoms with E-state index in [0.717, 1.165) is 23.1 Å². The molecule has 0 aliphatic rings. The summed E-state index contributed by atoms with van der Waals surface area (Å²) in [5.41, 5.74) is 2.65. The maximum absolute atomic E-state index is 13.3. The van der Waals surface area contributed by atoms with Crippen molar-refractivity contribution in [2.45, 2.75) is 54.9 Å². The molecule has 0 bridgehead atoms. The molecule has 0 aromatic heterocycles. The Morgan fingerprint density at radius 3 is 1.67 bits per heavy atom. The highest BCUT2D eigenvalue weighted by atomic mass is 19.1. The molecule has 0 saturated heterocycles. The van der Waals surface area contributed by atoms with Crippen LogP contribution in [0.5, 0.6) is 0 Å². The van der Waals surface area contributed by atoms with Gasteiger partial charge in [-0.2, -0.15) is 0 Å². The van der Waals surface area contributed by atoms with E-state index in [4.69, 9.17) is 0 Å². The molecule has 1 aromatic rings. The zero-order valence-corrected chi connectivity index (χ0v) is 11.2. The Hall–Kier alpha value is -0.850. The van der Waals surface area contributed by atoms with Crippen molar-refractivity contribution in [2.75, 3.05) is 0 Å². The number of benzene rings is 1. The van der Waals surface area contributed by atoms with Gasteiger partial charge in [0, 0.05) is 0 Å². The number of halogens is 1. The van der Waals surface area contributed by atoms with Gasteiger partial charge in [0.1, 0.15) is 5.82 Å². The van der Waals surface area contributed by atoms with Gasteiger partial charge >= 0.3 is 0 Å². The Morgan fingerprint density at radius 1 is 0.933 bits per heavy atom. The molecule has 0 atom stereocenters. The molecule has 1 rings (SSSR count). The quantitative estimate of drug-likeness (QED) is 0.610. The lowest BCUT2D eigenvalue weighted by molar-refractivity contribution is 0.601. The normalized spacial score (nSPS) is 8.27. The molecule has 0 aliphatic carbocycles. The first-order chi connectivity index (χ1) is 7.16. The minimum atomic E-state index is -0.0347. The number of aryl methyl sites for hydroxylation is 2. The van der Waals surface area contributed by atoms with E-state index in [9.17, 15) is 4.39 Å². The zero-order chi connectivity index (χ0) is 12.4. The fraction of sp³-hybridized carbons (Fsp3) is 0.571. The summed E-state index contributed by atoms with van der Waals surface area (Å²) in [6.45, 7) is 13.7. The summed E-state index contributed by atoms with van der Waals surface area (Å²) in [7, 11) is 0. The van der Waals surface area contributed by atoms with Gasteiger partial charge in [0.05, 0.1) is 0 Å². The SMILES string of the molecule is CC.CC.CCc1c(C)ccc(C)c1F. The molecule has 88 valence electrons. The smallest absolute Gasteiger partial charge is 0.129 e. The molecule has 0 unspecified atom stereocenters. The van der Waals surface area contributed by atoms with E-state index in [-0.39, 0.29) is 5.82 Å². The average molecular weight is 212 g/mol. The third-order valence-electron chi connectivity index (χ3n) is 2.02. The molecule has 0 fully saturated rings. The van der Waals surface area contributed by atoms with E-state index in [2.05, 4.69) is 0 Å². The molecule has 0 heterocycles. The van der Waals surface area contributed by atoms with Gasteiger partial charge in [-0.05, 0) is 37.0 Å². The van der Waals surface area contributed by atoms with Crippen LogP contribution >= 0.6 is 0 Å². The van der Waals surface area contributed by atoms with Gasteiger partial charge in [-0.25, -0.2) is 4.39 Å². The average Bonchev–Trinajstić information content (AvgIpc) is 2.30. The predicted octanol–water partition coefficient (Wildman–Crippen LogP) is 5.06. The lowest BCUT2D eigenvalue weighted by Gasteiger charge is -2.05. The Labute approximate surface area is 94.5 Å². The van der Waals surface area contributed by atoms with Crippen LogP contribution in [-0.2, 0) is 6.42 Å². The van der Waals surface area contributed by atoms with Crippen molar-refractivity contribution < 1.29 is 4.39 Å². The van der Waals surface area contributed by atoms with E-state index < -0.39 is 0 Å². The van der Waals surface area contributed by atoms with E-state index in [1.54, 1.807) is 6.92 Å². The highest BCUT2D eigenvalue weighted by molar-refractivity contribution is 5.32. The van der Waals surface area contributed by atoms with E-state index in [1.165, 1.54) is 0 Å². The van der Waals surface area contributed by atoms with Crippen LogP contribution in [0.2, 0.25) is 0 Å². The fourth-order valence-electron chi connectivity index (χ4n) is 1.27. The van der Waals surface area contributed by atoms with Crippen molar-refractivity contribution in [2.24, 2.45) is 0 Å². The summed E-state index contributed by atoms with van der Waals surface area (Å²) in [5, 5.41) is 0. The Balaban J connectivity index is 0. The predicted molar refractivity (Wildman–Crippen MR) is 67.9 cm³/mol. The van der Waals surface area contributed by atoms with Crippen molar-refractivity contribution in [3.63, 3.8) is 0 Å². The van der Waals surface area contributed by atoms with Crippen molar-refractivity contribution in [3.8, 4) is 0 Å². The second kappa shape index (κ2) is 9.70. The molecule has 0 nitrogen and oxygen atoms in total. The van der Waals surface area contributed by atoms with Gasteiger partial charge in [0.15, 0.2) is 0 Å². The Bertz CT molecular complexity index is 264. The molecular formula is C14H25F. The number of hydrogen-bond donors (Lipinski definition) is 0. The number of rotatable bonds is 1. The molecule has 1 heteroatoms. The molecule has 1 aromatic carbocycles. The van der Waals surface area contributed by atoms with Crippen LogP contribution in [0, 0.1) is 19.7 Å². The first-order valence-corrected chi connectivity index (χ1v) is 5.91. The molecule has 0 aliphatic heterocycles. The summed E-state index contributed by atoms with van der Waals surface area (Å²) in [4.78, 5) is 0. The minimum absolute atomic E-state index is 0.0347. The molecule has 0 N–H and O–H groups in total. The molecule has 0 radical (unpaired) electrons. The standard InChI is InChI=1S/C10H13F.2C2H6/c1-4-9-7(2)5-6-8(3)10(9)11;2*1-2/h5-6H,4H2,1-3H3;2*1-2H3. The van der Waals surface area contributed by atoms with E-state index in [1.807, 2.05) is 53.7 Å².